The van der Waals surface area contributed by atoms with Crippen molar-refractivity contribution in [2.75, 3.05) is 28.4 Å². The van der Waals surface area contributed by atoms with E-state index in [1.165, 1.54) is 32.7 Å². The van der Waals surface area contributed by atoms with Crippen molar-refractivity contribution in [3.63, 3.8) is 0 Å². The summed E-state index contributed by atoms with van der Waals surface area (Å²) in [7, 11) is 6.19. The van der Waals surface area contributed by atoms with E-state index in [1.54, 1.807) is 37.7 Å². The molecular weight excluding hydrogens is 480 g/mol. The van der Waals surface area contributed by atoms with Gasteiger partial charge in [0.15, 0.2) is 22.1 Å². The van der Waals surface area contributed by atoms with Gasteiger partial charge in [0.1, 0.15) is 5.75 Å². The van der Waals surface area contributed by atoms with Crippen LogP contribution in [0.1, 0.15) is 37.4 Å². The van der Waals surface area contributed by atoms with E-state index in [1.807, 2.05) is 30.3 Å². The van der Waals surface area contributed by atoms with Crippen LogP contribution in [0.25, 0.3) is 6.08 Å². The lowest BCUT2D eigenvalue weighted by molar-refractivity contribution is -0.115. The largest absolute Gasteiger partial charge is 0.497 e. The molecule has 36 heavy (non-hydrogen) atoms. The highest BCUT2D eigenvalue weighted by Crippen LogP contribution is 2.42. The van der Waals surface area contributed by atoms with Crippen LogP contribution in [0.2, 0.25) is 0 Å². The predicted octanol–water partition coefficient (Wildman–Crippen LogP) is 3.25. The molecule has 188 valence electrons. The molecule has 0 aliphatic carbocycles. The first-order valence-electron chi connectivity index (χ1n) is 11.4. The summed E-state index contributed by atoms with van der Waals surface area (Å²) in [6, 6.07) is 10.3. The third kappa shape index (κ3) is 4.42. The number of ether oxygens (including phenoxy) is 4. The number of hydrogen-bond acceptors (Lipinski definition) is 8. The third-order valence-corrected chi connectivity index (χ3v) is 7.04. The van der Waals surface area contributed by atoms with Gasteiger partial charge in [-0.3, -0.25) is 14.2 Å². The molecule has 2 heterocycles. The molecule has 0 radical (unpaired) electrons. The molecule has 0 saturated heterocycles. The molecule has 8 nitrogen and oxygen atoms in total. The highest BCUT2D eigenvalue weighted by Gasteiger charge is 2.33. The van der Waals surface area contributed by atoms with Crippen LogP contribution in [0, 0.1) is 0 Å². The topological polar surface area (TPSA) is 88.4 Å². The molecule has 0 saturated carbocycles. The highest BCUT2D eigenvalue weighted by atomic mass is 32.1. The van der Waals surface area contributed by atoms with Gasteiger partial charge in [-0.1, -0.05) is 30.4 Å². The van der Waals surface area contributed by atoms with E-state index in [0.29, 0.717) is 43.4 Å². The molecule has 1 aliphatic heterocycles. The van der Waals surface area contributed by atoms with Crippen LogP contribution in [-0.2, 0) is 4.79 Å². The summed E-state index contributed by atoms with van der Waals surface area (Å²) in [6.45, 7) is 3.60. The Morgan fingerprint density at radius 2 is 1.67 bits per heavy atom. The number of Topliss-reactive ketones (excluding diaryl/α,β-unsaturated/α-hetero) is 1. The lowest BCUT2D eigenvalue weighted by atomic mass is 9.91. The quantitative estimate of drug-likeness (QED) is 0.464. The van der Waals surface area contributed by atoms with Crippen LogP contribution in [0.15, 0.2) is 57.5 Å². The van der Waals surface area contributed by atoms with Crippen molar-refractivity contribution in [1.82, 2.24) is 4.57 Å². The first kappa shape index (κ1) is 25.2. The normalized spacial score (nSPS) is 15.3. The molecule has 0 fully saturated rings. The summed E-state index contributed by atoms with van der Waals surface area (Å²) < 4.78 is 23.9. The van der Waals surface area contributed by atoms with Crippen molar-refractivity contribution >= 4 is 23.2 Å². The van der Waals surface area contributed by atoms with E-state index in [4.69, 9.17) is 18.9 Å². The zero-order valence-corrected chi connectivity index (χ0v) is 21.9. The first-order valence-corrected chi connectivity index (χ1v) is 12.2. The van der Waals surface area contributed by atoms with E-state index < -0.39 is 6.04 Å². The number of aromatic nitrogens is 1. The molecule has 1 aromatic heterocycles. The van der Waals surface area contributed by atoms with Crippen molar-refractivity contribution in [2.24, 2.45) is 4.99 Å². The van der Waals surface area contributed by atoms with Gasteiger partial charge < -0.3 is 18.9 Å². The number of hydrogen-bond donors (Lipinski definition) is 0. The Bertz CT molecular complexity index is 1490. The fourth-order valence-electron chi connectivity index (χ4n) is 4.29. The molecule has 2 aromatic carbocycles. The summed E-state index contributed by atoms with van der Waals surface area (Å²) in [5.74, 6) is 1.95. The molecule has 0 N–H and O–H groups in total. The van der Waals surface area contributed by atoms with Crippen LogP contribution < -0.4 is 33.8 Å². The average Bonchev–Trinajstić information content (AvgIpc) is 3.20. The Kier molecular flexibility index (Phi) is 7.30. The lowest BCUT2D eigenvalue weighted by Crippen LogP contribution is -2.39. The van der Waals surface area contributed by atoms with Crippen molar-refractivity contribution in [1.29, 1.82) is 0 Å². The third-order valence-electron chi connectivity index (χ3n) is 6.06. The Hall–Kier alpha value is -3.85. The number of carbonyl (C=O) groups is 1. The second-order valence-corrected chi connectivity index (χ2v) is 9.10. The van der Waals surface area contributed by atoms with Gasteiger partial charge in [0.2, 0.25) is 5.75 Å². The predicted molar refractivity (Wildman–Crippen MR) is 138 cm³/mol. The van der Waals surface area contributed by atoms with Crippen LogP contribution in [-0.4, -0.2) is 38.8 Å². The fraction of sp³-hybridized carbons (Fsp3) is 0.296. The van der Waals surface area contributed by atoms with Gasteiger partial charge in [-0.15, -0.1) is 0 Å². The monoisotopic (exact) mass is 508 g/mol. The number of methoxy groups -OCH3 is 4. The number of ketones is 1. The van der Waals surface area contributed by atoms with E-state index >= 15 is 0 Å². The highest BCUT2D eigenvalue weighted by molar-refractivity contribution is 7.07. The number of benzene rings is 2. The second-order valence-electron chi connectivity index (χ2n) is 8.09. The maximum atomic E-state index is 13.8. The summed E-state index contributed by atoms with van der Waals surface area (Å²) >= 11 is 1.28. The molecule has 0 amide bonds. The van der Waals surface area contributed by atoms with Crippen LogP contribution >= 0.6 is 11.3 Å². The van der Waals surface area contributed by atoms with E-state index in [-0.39, 0.29) is 17.8 Å². The number of fused-ring (bicyclic) bond motifs is 1. The van der Waals surface area contributed by atoms with Crippen molar-refractivity contribution < 1.29 is 23.7 Å². The number of rotatable bonds is 8. The van der Waals surface area contributed by atoms with Gasteiger partial charge >= 0.3 is 0 Å². The number of allylic oxidation sites excluding steroid dienone is 2. The molecule has 4 rings (SSSR count). The van der Waals surface area contributed by atoms with Crippen molar-refractivity contribution in [3.8, 4) is 23.0 Å². The maximum Gasteiger partial charge on any atom is 0.271 e. The van der Waals surface area contributed by atoms with E-state index in [0.717, 1.165) is 11.3 Å². The van der Waals surface area contributed by atoms with Crippen molar-refractivity contribution in [3.05, 3.63) is 78.5 Å². The van der Waals surface area contributed by atoms with Crippen LogP contribution in [0.3, 0.4) is 0 Å². The number of thiazole rings is 1. The molecule has 3 aromatic rings. The van der Waals surface area contributed by atoms with Gasteiger partial charge in [-0.2, -0.15) is 0 Å². The zero-order valence-electron chi connectivity index (χ0n) is 21.1. The minimum absolute atomic E-state index is 0.0839. The molecule has 1 atom stereocenters. The van der Waals surface area contributed by atoms with Gasteiger partial charge in [0.05, 0.1) is 39.0 Å². The molecule has 0 spiro atoms. The van der Waals surface area contributed by atoms with Gasteiger partial charge in [-0.05, 0) is 48.4 Å². The smallest absolute Gasteiger partial charge is 0.271 e. The summed E-state index contributed by atoms with van der Waals surface area (Å²) in [6.07, 6.45) is 2.10. The Labute approximate surface area is 212 Å². The molecule has 9 heteroatoms. The van der Waals surface area contributed by atoms with E-state index in [2.05, 4.69) is 4.99 Å². The second kappa shape index (κ2) is 10.4. The summed E-state index contributed by atoms with van der Waals surface area (Å²) in [5, 5.41) is 0. The SMILES string of the molecule is CCC(=O)C1=C(C)N=c2s/c(=C\c3ccc(OC)cc3)c(=O)n2C1c1cc(OC)c(OC)c(OC)c1. The standard InChI is InChI=1S/C27H28N2O6S/c1-7-19(30)23-15(2)28-27-29(24(23)17-13-20(33-4)25(35-6)21(14-17)34-5)26(31)22(36-27)12-16-8-10-18(32-3)11-9-16/h8-14,24H,7H2,1-6H3/b22-12-. The van der Waals surface area contributed by atoms with Crippen LogP contribution in [0.4, 0.5) is 0 Å². The minimum atomic E-state index is -0.694. The molecule has 1 unspecified atom stereocenters. The summed E-state index contributed by atoms with van der Waals surface area (Å²) in [5.41, 5.74) is 2.33. The average molecular weight is 509 g/mol. The molecular formula is C27H28N2O6S. The lowest BCUT2D eigenvalue weighted by Gasteiger charge is -2.26. The molecule has 0 bridgehead atoms. The minimum Gasteiger partial charge on any atom is -0.497 e. The Balaban J connectivity index is 1.99. The van der Waals surface area contributed by atoms with Gasteiger partial charge in [-0.25, -0.2) is 4.99 Å². The first-order chi connectivity index (χ1) is 17.4. The zero-order chi connectivity index (χ0) is 26.0. The molecule has 1 aliphatic rings. The van der Waals surface area contributed by atoms with Crippen molar-refractivity contribution in [2.45, 2.75) is 26.3 Å². The van der Waals surface area contributed by atoms with Gasteiger partial charge in [0, 0.05) is 17.7 Å². The van der Waals surface area contributed by atoms with E-state index in [9.17, 15) is 9.59 Å². The number of nitrogens with zero attached hydrogens (tertiary/aromatic N) is 2. The number of carbonyl (C=O) groups excluding carboxylic acids is 1. The Morgan fingerprint density at radius 3 is 2.19 bits per heavy atom. The fourth-order valence-corrected chi connectivity index (χ4v) is 5.34. The summed E-state index contributed by atoms with van der Waals surface area (Å²) in [4.78, 5) is 32.1. The van der Waals surface area contributed by atoms with Crippen LogP contribution in [0.5, 0.6) is 23.0 Å². The maximum absolute atomic E-state index is 13.8. The Morgan fingerprint density at radius 1 is 1.03 bits per heavy atom. The van der Waals surface area contributed by atoms with Gasteiger partial charge in [0.25, 0.3) is 5.56 Å².